The van der Waals surface area contributed by atoms with E-state index in [1.165, 1.54) is 6.92 Å². The van der Waals surface area contributed by atoms with E-state index < -0.39 is 84.7 Å². The van der Waals surface area contributed by atoms with E-state index in [0.29, 0.717) is 36.8 Å². The Hall–Kier alpha value is -2.80. The second-order valence-corrected chi connectivity index (χ2v) is 19.7. The monoisotopic (exact) mass is 914 g/mol. The number of nitrogens with one attached hydrogen (secondary N) is 1. The molecule has 0 radical (unpaired) electrons. The van der Waals surface area contributed by atoms with Crippen LogP contribution in [-0.4, -0.2) is 140 Å². The van der Waals surface area contributed by atoms with E-state index >= 15 is 0 Å². The molecule has 4 saturated heterocycles. The lowest BCUT2D eigenvalue weighted by atomic mass is 9.71. The predicted molar refractivity (Wildman–Crippen MR) is 239 cm³/mol. The number of rotatable bonds is 9. The Morgan fingerprint density at radius 1 is 0.938 bits per heavy atom. The Kier molecular flexibility index (Phi) is 16.0. The third kappa shape index (κ3) is 10.6. The Balaban J connectivity index is 1.16. The summed E-state index contributed by atoms with van der Waals surface area (Å²) in [5.41, 5.74) is 0.116. The van der Waals surface area contributed by atoms with E-state index in [-0.39, 0.29) is 61.0 Å². The van der Waals surface area contributed by atoms with Crippen LogP contribution in [0.25, 0.3) is 0 Å². The molecule has 15 nitrogen and oxygen atoms in total. The lowest BCUT2D eigenvalue weighted by molar-refractivity contribution is -0.311. The van der Waals surface area contributed by atoms with Crippen molar-refractivity contribution >= 4 is 11.9 Å². The van der Waals surface area contributed by atoms with Gasteiger partial charge in [0.15, 0.2) is 18.4 Å². The third-order valence-corrected chi connectivity index (χ3v) is 14.9. The van der Waals surface area contributed by atoms with Crippen LogP contribution in [0.2, 0.25) is 0 Å². The molecule has 3 N–H and O–H groups in total. The molecule has 0 saturated carbocycles. The van der Waals surface area contributed by atoms with Crippen molar-refractivity contribution in [3.8, 4) is 0 Å². The van der Waals surface area contributed by atoms with Crippen molar-refractivity contribution in [3.05, 3.63) is 59.3 Å². The van der Waals surface area contributed by atoms with Crippen LogP contribution < -0.4 is 5.32 Å². The summed E-state index contributed by atoms with van der Waals surface area (Å²) in [6.45, 7) is 17.7. The summed E-state index contributed by atoms with van der Waals surface area (Å²) in [6, 6.07) is -0.315. The van der Waals surface area contributed by atoms with Gasteiger partial charge in [-0.2, -0.15) is 0 Å². The first-order chi connectivity index (χ1) is 30.9. The minimum Gasteiger partial charge on any atom is -0.462 e. The van der Waals surface area contributed by atoms with Crippen LogP contribution >= 0.6 is 0 Å². The number of methoxy groups -OCH3 is 2. The molecule has 7 aliphatic rings. The standard InChI is InChI=1S/C50H75NO14/c1-12-26(2)45-29(5)18-19-49(65-45)24-36-21-35(64-49)17-16-28(4)44(27(3)14-13-15-34-25-58-47-43(53)30(6)20-37(48(54)61-36)50(34,47)55)62-41-23-39(57-11)46(32(8)60-41)63-40-22-38(56-10)42(31(7)59-40)51-33(9)52/h13-16,18-20,26-27,29,31-32,35-47,53,55H,12,17,21-25H2,1-11H3,(H,51,52)/b14-13?,28-16-,34-15?/t26-,27-,29-,31+,32+,35+,36+,37+,38+,39+,40+,41+,42-,43-,44-,45+,46-,47+,49?,50+/m1/s1. The second-order valence-electron chi connectivity index (χ2n) is 19.7. The zero-order valence-corrected chi connectivity index (χ0v) is 40.2. The number of carbonyl (C=O) groups is 2. The van der Waals surface area contributed by atoms with E-state index in [9.17, 15) is 19.8 Å². The maximum atomic E-state index is 14.4. The summed E-state index contributed by atoms with van der Waals surface area (Å²) >= 11 is 0. The Bertz CT molecular complexity index is 1850. The van der Waals surface area contributed by atoms with Crippen LogP contribution in [0.3, 0.4) is 0 Å². The number of amides is 1. The molecule has 4 fully saturated rings. The molecule has 1 amide bonds. The Morgan fingerprint density at radius 2 is 1.65 bits per heavy atom. The first-order valence-corrected chi connectivity index (χ1v) is 23.8. The van der Waals surface area contributed by atoms with Crippen molar-refractivity contribution in [2.75, 3.05) is 20.8 Å². The fourth-order valence-corrected chi connectivity index (χ4v) is 11.0. The molecular weight excluding hydrogens is 839 g/mol. The lowest BCUT2D eigenvalue weighted by Crippen LogP contribution is -2.58. The SMILES string of the molecule is CC[C@@H](C)[C@@H]1OC2(C=C[C@H]1C)C[C@@H]1C[C@H](C/C=C(/C)[C@H](O[C@H]3C[C@H](OC)[C@H](O[C@H]4C[C@H](OC)[C@H](NC(C)=O)[C@H](C)O4)[C@H](C)O3)[C@H](C)C=CC=C3CO[C@H]4[C@H](O)C(C)=C[C@@H](C(=O)O1)[C@@]34O)O2. The van der Waals surface area contributed by atoms with Crippen molar-refractivity contribution in [2.45, 2.75) is 198 Å². The van der Waals surface area contributed by atoms with Gasteiger partial charge < -0.3 is 62.9 Å². The highest BCUT2D eigenvalue weighted by Crippen LogP contribution is 2.47. The molecule has 15 heteroatoms. The van der Waals surface area contributed by atoms with Gasteiger partial charge in [0.1, 0.15) is 35.9 Å². The smallest absolute Gasteiger partial charge is 0.316 e. The lowest BCUT2D eigenvalue weighted by Gasteiger charge is -2.48. The maximum Gasteiger partial charge on any atom is 0.316 e. The summed E-state index contributed by atoms with van der Waals surface area (Å²) in [6.07, 6.45) is 9.46. The van der Waals surface area contributed by atoms with Gasteiger partial charge in [-0.25, -0.2) is 0 Å². The zero-order valence-electron chi connectivity index (χ0n) is 40.2. The first-order valence-electron chi connectivity index (χ1n) is 23.8. The highest BCUT2D eigenvalue weighted by molar-refractivity contribution is 5.78. The number of allylic oxidation sites excluding steroid dienone is 2. The van der Waals surface area contributed by atoms with Crippen LogP contribution in [0.1, 0.15) is 101 Å². The fourth-order valence-electron chi connectivity index (χ4n) is 11.0. The fraction of sp³-hybridized carbons (Fsp3) is 0.760. The van der Waals surface area contributed by atoms with Gasteiger partial charge in [-0.3, -0.25) is 9.59 Å². The zero-order chi connectivity index (χ0) is 47.0. The molecule has 20 atom stereocenters. The maximum absolute atomic E-state index is 14.4. The summed E-state index contributed by atoms with van der Waals surface area (Å²) < 4.78 is 64.4. The molecule has 0 aromatic carbocycles. The van der Waals surface area contributed by atoms with Gasteiger partial charge >= 0.3 is 5.97 Å². The molecule has 7 rings (SSSR count). The first kappa shape index (κ1) is 50.1. The summed E-state index contributed by atoms with van der Waals surface area (Å²) in [5.74, 6) is -2.75. The van der Waals surface area contributed by atoms with E-state index in [0.717, 1.165) is 12.0 Å². The Morgan fingerprint density at radius 3 is 2.35 bits per heavy atom. The number of esters is 1. The van der Waals surface area contributed by atoms with Gasteiger partial charge in [0, 0.05) is 58.7 Å². The molecular formula is C50H75NO14. The van der Waals surface area contributed by atoms with E-state index in [1.807, 2.05) is 39.0 Å². The topological polar surface area (TPSA) is 179 Å². The van der Waals surface area contributed by atoms with E-state index in [4.69, 9.17) is 47.4 Å². The third-order valence-electron chi connectivity index (χ3n) is 14.9. The van der Waals surface area contributed by atoms with Crippen LogP contribution in [-0.2, 0) is 57.0 Å². The molecule has 6 heterocycles. The molecule has 6 aliphatic heterocycles. The molecule has 364 valence electrons. The van der Waals surface area contributed by atoms with Crippen molar-refractivity contribution in [3.63, 3.8) is 0 Å². The quantitative estimate of drug-likeness (QED) is 0.195. The van der Waals surface area contributed by atoms with Gasteiger partial charge in [-0.05, 0) is 62.8 Å². The average molecular weight is 914 g/mol. The van der Waals surface area contributed by atoms with Gasteiger partial charge in [-0.15, -0.1) is 0 Å². The number of fused-ring (bicyclic) bond motifs is 2. The minimum absolute atomic E-state index is 0.0270. The van der Waals surface area contributed by atoms with Crippen molar-refractivity contribution in [1.29, 1.82) is 0 Å². The highest BCUT2D eigenvalue weighted by Gasteiger charge is 2.60. The number of hydrogen-bond acceptors (Lipinski definition) is 14. The highest BCUT2D eigenvalue weighted by atomic mass is 16.7. The largest absolute Gasteiger partial charge is 0.462 e. The molecule has 2 bridgehead atoms. The van der Waals surface area contributed by atoms with Crippen LogP contribution in [0, 0.1) is 23.7 Å². The van der Waals surface area contributed by atoms with E-state index in [2.05, 4.69) is 45.2 Å². The Labute approximate surface area is 385 Å². The molecule has 1 spiro atoms. The van der Waals surface area contributed by atoms with Crippen LogP contribution in [0.5, 0.6) is 0 Å². The molecule has 0 aromatic rings. The number of aliphatic hydroxyl groups is 2. The number of ether oxygens (including phenoxy) is 10. The summed E-state index contributed by atoms with van der Waals surface area (Å²) in [7, 11) is 3.27. The van der Waals surface area contributed by atoms with Gasteiger partial charge in [0.05, 0.1) is 55.4 Å². The van der Waals surface area contributed by atoms with Gasteiger partial charge in [-0.1, -0.05) is 70.6 Å². The predicted octanol–water partition coefficient (Wildman–Crippen LogP) is 5.52. The van der Waals surface area contributed by atoms with E-state index in [1.54, 1.807) is 33.3 Å². The van der Waals surface area contributed by atoms with Crippen molar-refractivity contribution < 1.29 is 67.2 Å². The summed E-state index contributed by atoms with van der Waals surface area (Å²) in [4.78, 5) is 26.3. The normalized spacial score (nSPS) is 46.0. The average Bonchev–Trinajstić information content (AvgIpc) is 3.61. The number of hydrogen-bond donors (Lipinski definition) is 3. The molecule has 65 heavy (non-hydrogen) atoms. The second kappa shape index (κ2) is 20.8. The summed E-state index contributed by atoms with van der Waals surface area (Å²) in [5, 5.41) is 26.7. The van der Waals surface area contributed by atoms with Crippen LogP contribution in [0.4, 0.5) is 0 Å². The van der Waals surface area contributed by atoms with Gasteiger partial charge in [0.2, 0.25) is 5.91 Å². The van der Waals surface area contributed by atoms with Crippen molar-refractivity contribution in [1.82, 2.24) is 5.32 Å². The van der Waals surface area contributed by atoms with Crippen LogP contribution in [0.15, 0.2) is 59.3 Å². The van der Waals surface area contributed by atoms with Gasteiger partial charge in [0.25, 0.3) is 0 Å². The molecule has 1 unspecified atom stereocenters. The molecule has 0 aromatic heterocycles. The van der Waals surface area contributed by atoms with Crippen molar-refractivity contribution in [2.24, 2.45) is 23.7 Å². The number of aliphatic hydroxyl groups excluding tert-OH is 1. The minimum atomic E-state index is -1.84. The number of carbonyl (C=O) groups excluding carboxylic acids is 2. The molecule has 1 aliphatic carbocycles.